The molecule has 0 aliphatic carbocycles. The summed E-state index contributed by atoms with van der Waals surface area (Å²) in [6.07, 6.45) is 1.08. The van der Waals surface area contributed by atoms with E-state index in [1.165, 1.54) is 24.3 Å². The molecule has 0 aliphatic heterocycles. The van der Waals surface area contributed by atoms with Crippen LogP contribution in [0.5, 0.6) is 5.75 Å². The third kappa shape index (κ3) is 3.03. The molecule has 0 atom stereocenters. The van der Waals surface area contributed by atoms with Crippen molar-refractivity contribution in [1.29, 1.82) is 0 Å². The smallest absolute Gasteiger partial charge is 0.339 e. The molecule has 0 N–H and O–H groups in total. The highest BCUT2D eigenvalue weighted by molar-refractivity contribution is 7.87. The summed E-state index contributed by atoms with van der Waals surface area (Å²) >= 11 is 0. The van der Waals surface area contributed by atoms with Crippen LogP contribution in [0.3, 0.4) is 0 Å². The molecule has 100 valence electrons. The molecule has 0 saturated carbocycles. The van der Waals surface area contributed by atoms with Crippen molar-refractivity contribution in [3.05, 3.63) is 59.1 Å². The van der Waals surface area contributed by atoms with Crippen LogP contribution in [0.1, 0.15) is 11.3 Å². The van der Waals surface area contributed by atoms with E-state index in [1.54, 1.807) is 19.1 Å². The van der Waals surface area contributed by atoms with Gasteiger partial charge in [0, 0.05) is 13.0 Å². The minimum Gasteiger partial charge on any atom is -0.618 e. The number of nitrogens with zero attached hydrogens (tertiary/aromatic N) is 1. The van der Waals surface area contributed by atoms with Crippen molar-refractivity contribution in [2.75, 3.05) is 0 Å². The molecule has 0 saturated heterocycles. The molecule has 0 unspecified atom stereocenters. The molecule has 19 heavy (non-hydrogen) atoms. The van der Waals surface area contributed by atoms with E-state index in [-0.39, 0.29) is 10.6 Å². The topological polar surface area (TPSA) is 70.3 Å². The standard InChI is InChI=1S/C13H13NO4S/c1-10-3-7-13(8-4-10)19(16,17)18-12-6-5-11(2)14(15)9-12/h3-9H,1-2H3. The molecule has 0 aliphatic rings. The van der Waals surface area contributed by atoms with E-state index in [1.807, 2.05) is 6.92 Å². The van der Waals surface area contributed by atoms with Gasteiger partial charge in [-0.1, -0.05) is 17.7 Å². The lowest BCUT2D eigenvalue weighted by molar-refractivity contribution is -0.612. The van der Waals surface area contributed by atoms with E-state index >= 15 is 0 Å². The van der Waals surface area contributed by atoms with Crippen molar-refractivity contribution in [1.82, 2.24) is 0 Å². The van der Waals surface area contributed by atoms with Gasteiger partial charge in [0.25, 0.3) is 0 Å². The molecular formula is C13H13NO4S. The highest BCUT2D eigenvalue weighted by atomic mass is 32.2. The van der Waals surface area contributed by atoms with Crippen molar-refractivity contribution in [3.8, 4) is 5.75 Å². The molecule has 6 heteroatoms. The molecule has 2 rings (SSSR count). The Bertz CT molecular complexity index is 693. The van der Waals surface area contributed by atoms with Gasteiger partial charge >= 0.3 is 10.1 Å². The lowest BCUT2D eigenvalue weighted by atomic mass is 10.2. The fourth-order valence-corrected chi connectivity index (χ4v) is 2.38. The van der Waals surface area contributed by atoms with Crippen LogP contribution >= 0.6 is 0 Å². The summed E-state index contributed by atoms with van der Waals surface area (Å²) in [4.78, 5) is 0.0520. The maximum absolute atomic E-state index is 12.0. The molecule has 1 aromatic carbocycles. The van der Waals surface area contributed by atoms with E-state index in [9.17, 15) is 13.6 Å². The van der Waals surface area contributed by atoms with Gasteiger partial charge in [-0.25, -0.2) is 0 Å². The van der Waals surface area contributed by atoms with Gasteiger partial charge in [-0.05, 0) is 25.1 Å². The first-order valence-corrected chi connectivity index (χ1v) is 7.00. The van der Waals surface area contributed by atoms with Crippen molar-refractivity contribution < 1.29 is 17.3 Å². The summed E-state index contributed by atoms with van der Waals surface area (Å²) in [7, 11) is -3.91. The summed E-state index contributed by atoms with van der Waals surface area (Å²) < 4.78 is 29.4. The molecule has 0 radical (unpaired) electrons. The quantitative estimate of drug-likeness (QED) is 0.487. The van der Waals surface area contributed by atoms with Crippen molar-refractivity contribution >= 4 is 10.1 Å². The highest BCUT2D eigenvalue weighted by Gasteiger charge is 2.17. The first-order valence-electron chi connectivity index (χ1n) is 5.59. The van der Waals surface area contributed by atoms with Crippen LogP contribution in [-0.4, -0.2) is 8.42 Å². The minimum atomic E-state index is -3.91. The molecule has 1 heterocycles. The lowest BCUT2D eigenvalue weighted by Crippen LogP contribution is -2.29. The summed E-state index contributed by atoms with van der Waals surface area (Å²) in [6.45, 7) is 3.48. The number of aromatic nitrogens is 1. The SMILES string of the molecule is Cc1ccc(S(=O)(=O)Oc2ccc(C)[n+]([O-])c2)cc1. The third-order valence-corrected chi connectivity index (χ3v) is 3.86. The Morgan fingerprint density at radius 2 is 1.68 bits per heavy atom. The van der Waals surface area contributed by atoms with E-state index in [4.69, 9.17) is 4.18 Å². The Kier molecular flexibility index (Phi) is 3.44. The molecule has 0 spiro atoms. The fraction of sp³-hybridized carbons (Fsp3) is 0.154. The summed E-state index contributed by atoms with van der Waals surface area (Å²) in [5, 5.41) is 11.3. The van der Waals surface area contributed by atoms with Gasteiger partial charge in [-0.2, -0.15) is 13.1 Å². The Labute approximate surface area is 111 Å². The van der Waals surface area contributed by atoms with E-state index in [2.05, 4.69) is 0 Å². The van der Waals surface area contributed by atoms with Gasteiger partial charge in [0.15, 0.2) is 5.69 Å². The van der Waals surface area contributed by atoms with Gasteiger partial charge < -0.3 is 9.39 Å². The average Bonchev–Trinajstić information content (AvgIpc) is 2.34. The number of aryl methyl sites for hydroxylation is 2. The van der Waals surface area contributed by atoms with Gasteiger partial charge in [0.1, 0.15) is 4.90 Å². The van der Waals surface area contributed by atoms with Gasteiger partial charge in [0.05, 0.1) is 0 Å². The fourth-order valence-electron chi connectivity index (χ4n) is 1.47. The summed E-state index contributed by atoms with van der Waals surface area (Å²) in [5.74, 6) is -0.0128. The predicted octanol–water partition coefficient (Wildman–Crippen LogP) is 1.70. The van der Waals surface area contributed by atoms with Crippen molar-refractivity contribution in [2.24, 2.45) is 0 Å². The highest BCUT2D eigenvalue weighted by Crippen LogP contribution is 2.17. The molecule has 2 aromatic rings. The minimum absolute atomic E-state index is 0.0128. The zero-order valence-corrected chi connectivity index (χ0v) is 11.3. The second-order valence-electron chi connectivity index (χ2n) is 4.18. The molecule has 1 aromatic heterocycles. The Morgan fingerprint density at radius 3 is 2.26 bits per heavy atom. The van der Waals surface area contributed by atoms with E-state index in [0.717, 1.165) is 11.8 Å². The average molecular weight is 279 g/mol. The number of rotatable bonds is 3. The second kappa shape index (κ2) is 4.89. The van der Waals surface area contributed by atoms with Crippen LogP contribution in [0, 0.1) is 19.1 Å². The Hall–Kier alpha value is -2.08. The number of pyridine rings is 1. The second-order valence-corrected chi connectivity index (χ2v) is 5.73. The predicted molar refractivity (Wildman–Crippen MR) is 69.1 cm³/mol. The van der Waals surface area contributed by atoms with Crippen LogP contribution in [0.2, 0.25) is 0 Å². The number of hydrogen-bond acceptors (Lipinski definition) is 4. The zero-order chi connectivity index (χ0) is 14.0. The number of benzene rings is 1. The first-order chi connectivity index (χ1) is 8.88. The monoisotopic (exact) mass is 279 g/mol. The van der Waals surface area contributed by atoms with Gasteiger partial charge in [0.2, 0.25) is 11.9 Å². The maximum Gasteiger partial charge on any atom is 0.339 e. The van der Waals surface area contributed by atoms with Gasteiger partial charge in [-0.15, -0.1) is 0 Å². The summed E-state index contributed by atoms with van der Waals surface area (Å²) in [6, 6.07) is 9.22. The zero-order valence-electron chi connectivity index (χ0n) is 10.5. The van der Waals surface area contributed by atoms with Crippen LogP contribution in [-0.2, 0) is 10.1 Å². The Balaban J connectivity index is 2.30. The molecule has 0 amide bonds. The molecule has 0 bridgehead atoms. The van der Waals surface area contributed by atoms with Gasteiger partial charge in [-0.3, -0.25) is 0 Å². The Morgan fingerprint density at radius 1 is 1.05 bits per heavy atom. The normalized spacial score (nSPS) is 11.3. The van der Waals surface area contributed by atoms with Crippen molar-refractivity contribution in [2.45, 2.75) is 18.7 Å². The lowest BCUT2D eigenvalue weighted by Gasteiger charge is -2.07. The van der Waals surface area contributed by atoms with Crippen LogP contribution in [0.25, 0.3) is 0 Å². The van der Waals surface area contributed by atoms with Crippen LogP contribution in [0.4, 0.5) is 0 Å². The maximum atomic E-state index is 12.0. The third-order valence-electron chi connectivity index (χ3n) is 2.60. The van der Waals surface area contributed by atoms with E-state index in [0.29, 0.717) is 10.4 Å². The van der Waals surface area contributed by atoms with Crippen LogP contribution in [0.15, 0.2) is 47.5 Å². The summed E-state index contributed by atoms with van der Waals surface area (Å²) in [5.41, 5.74) is 1.41. The number of hydrogen-bond donors (Lipinski definition) is 0. The van der Waals surface area contributed by atoms with Crippen LogP contribution < -0.4 is 8.91 Å². The van der Waals surface area contributed by atoms with E-state index < -0.39 is 10.1 Å². The van der Waals surface area contributed by atoms with Crippen molar-refractivity contribution in [3.63, 3.8) is 0 Å². The molecule has 0 fully saturated rings. The first kappa shape index (κ1) is 13.4. The molecular weight excluding hydrogens is 266 g/mol. The molecule has 5 nitrogen and oxygen atoms in total. The largest absolute Gasteiger partial charge is 0.618 e.